The number of rotatable bonds is 4. The zero-order valence-corrected chi connectivity index (χ0v) is 11.3. The van der Waals surface area contributed by atoms with Crippen LogP contribution in [0, 0.1) is 25.5 Å². The number of carbonyl (C=O) groups excluding carboxylic acids is 1. The summed E-state index contributed by atoms with van der Waals surface area (Å²) >= 11 is 0. The van der Waals surface area contributed by atoms with E-state index in [0.717, 1.165) is 6.07 Å². The number of nitrogens with zero attached hydrogens (tertiary/aromatic N) is 1. The van der Waals surface area contributed by atoms with E-state index in [1.807, 2.05) is 0 Å². The van der Waals surface area contributed by atoms with Gasteiger partial charge in [-0.3, -0.25) is 9.89 Å². The highest BCUT2D eigenvalue weighted by atomic mass is 19.1. The summed E-state index contributed by atoms with van der Waals surface area (Å²) < 4.78 is 26.0. The van der Waals surface area contributed by atoms with E-state index >= 15 is 0 Å². The molecule has 0 unspecified atom stereocenters. The Morgan fingerprint density at radius 2 is 1.90 bits per heavy atom. The van der Waals surface area contributed by atoms with Crippen molar-refractivity contribution < 1.29 is 13.6 Å². The molecule has 0 aliphatic rings. The van der Waals surface area contributed by atoms with Crippen LogP contribution in [0.25, 0.3) is 0 Å². The SMILES string of the molecule is Cc1n[nH]c(C)c1C(=O)NCCc1cc(F)cc(F)c1. The van der Waals surface area contributed by atoms with E-state index in [-0.39, 0.29) is 5.91 Å². The van der Waals surface area contributed by atoms with Gasteiger partial charge in [-0.15, -0.1) is 0 Å². The second-order valence-electron chi connectivity index (χ2n) is 4.59. The van der Waals surface area contributed by atoms with Crippen LogP contribution < -0.4 is 5.32 Å². The second kappa shape index (κ2) is 5.81. The molecule has 2 aromatic rings. The Kier molecular flexibility index (Phi) is 4.12. The molecule has 2 N–H and O–H groups in total. The molecule has 0 aliphatic heterocycles. The van der Waals surface area contributed by atoms with Gasteiger partial charge in [-0.2, -0.15) is 5.10 Å². The molecule has 0 atom stereocenters. The predicted octanol–water partition coefficient (Wildman–Crippen LogP) is 2.28. The highest BCUT2D eigenvalue weighted by Gasteiger charge is 2.14. The third-order valence-corrected chi connectivity index (χ3v) is 2.98. The van der Waals surface area contributed by atoms with Crippen molar-refractivity contribution in [2.24, 2.45) is 0 Å². The minimum Gasteiger partial charge on any atom is -0.352 e. The molecule has 0 aliphatic carbocycles. The van der Waals surface area contributed by atoms with Crippen molar-refractivity contribution in [2.75, 3.05) is 6.54 Å². The van der Waals surface area contributed by atoms with Crippen molar-refractivity contribution in [2.45, 2.75) is 20.3 Å². The number of aromatic nitrogens is 2. The van der Waals surface area contributed by atoms with E-state index < -0.39 is 11.6 Å². The number of hydrogen-bond acceptors (Lipinski definition) is 2. The highest BCUT2D eigenvalue weighted by Crippen LogP contribution is 2.10. The molecule has 0 spiro atoms. The molecule has 0 fully saturated rings. The summed E-state index contributed by atoms with van der Waals surface area (Å²) in [4.78, 5) is 12.0. The molecule has 106 valence electrons. The van der Waals surface area contributed by atoms with Gasteiger partial charge in [-0.1, -0.05) is 0 Å². The van der Waals surface area contributed by atoms with E-state index in [2.05, 4.69) is 15.5 Å². The minimum atomic E-state index is -0.618. The van der Waals surface area contributed by atoms with Gasteiger partial charge in [0.25, 0.3) is 5.91 Å². The van der Waals surface area contributed by atoms with Crippen LogP contribution in [0.3, 0.4) is 0 Å². The van der Waals surface area contributed by atoms with Gasteiger partial charge < -0.3 is 5.32 Å². The van der Waals surface area contributed by atoms with Crippen LogP contribution in [0.15, 0.2) is 18.2 Å². The zero-order chi connectivity index (χ0) is 14.7. The maximum Gasteiger partial charge on any atom is 0.255 e. The molecule has 1 aromatic carbocycles. The Labute approximate surface area is 115 Å². The fourth-order valence-electron chi connectivity index (χ4n) is 2.05. The first kappa shape index (κ1) is 14.2. The number of H-pyrrole nitrogens is 1. The number of benzene rings is 1. The molecule has 1 heterocycles. The van der Waals surface area contributed by atoms with Crippen LogP contribution in [0.1, 0.15) is 27.3 Å². The van der Waals surface area contributed by atoms with Crippen molar-refractivity contribution in [3.8, 4) is 0 Å². The first-order chi connectivity index (χ1) is 9.47. The lowest BCUT2D eigenvalue weighted by Crippen LogP contribution is -2.26. The minimum absolute atomic E-state index is 0.245. The Morgan fingerprint density at radius 3 is 2.45 bits per heavy atom. The number of nitrogens with one attached hydrogen (secondary N) is 2. The van der Waals surface area contributed by atoms with Crippen LogP contribution >= 0.6 is 0 Å². The Morgan fingerprint density at radius 1 is 1.25 bits per heavy atom. The number of aromatic amines is 1. The summed E-state index contributed by atoms with van der Waals surface area (Å²) in [6.45, 7) is 3.79. The van der Waals surface area contributed by atoms with Gasteiger partial charge in [-0.25, -0.2) is 8.78 Å². The summed E-state index contributed by atoms with van der Waals surface area (Å²) in [5, 5.41) is 9.38. The third kappa shape index (κ3) is 3.20. The number of hydrogen-bond donors (Lipinski definition) is 2. The van der Waals surface area contributed by atoms with Crippen LogP contribution in [0.4, 0.5) is 8.78 Å². The fraction of sp³-hybridized carbons (Fsp3) is 0.286. The molecular weight excluding hydrogens is 264 g/mol. The maximum absolute atomic E-state index is 13.0. The van der Waals surface area contributed by atoms with Crippen molar-refractivity contribution >= 4 is 5.91 Å². The molecule has 0 saturated carbocycles. The second-order valence-corrected chi connectivity index (χ2v) is 4.59. The first-order valence-electron chi connectivity index (χ1n) is 6.22. The van der Waals surface area contributed by atoms with Gasteiger partial charge in [0.15, 0.2) is 0 Å². The van der Waals surface area contributed by atoms with Crippen molar-refractivity contribution in [3.05, 3.63) is 52.3 Å². The van der Waals surface area contributed by atoms with Gasteiger partial charge in [-0.05, 0) is 38.0 Å². The van der Waals surface area contributed by atoms with Crippen LogP contribution in [0.5, 0.6) is 0 Å². The van der Waals surface area contributed by atoms with Gasteiger partial charge in [0.1, 0.15) is 11.6 Å². The van der Waals surface area contributed by atoms with Gasteiger partial charge >= 0.3 is 0 Å². The molecule has 1 amide bonds. The van der Waals surface area contributed by atoms with Crippen LogP contribution in [-0.2, 0) is 6.42 Å². The topological polar surface area (TPSA) is 57.8 Å². The lowest BCUT2D eigenvalue weighted by atomic mass is 10.1. The Bertz CT molecular complexity index is 598. The monoisotopic (exact) mass is 279 g/mol. The number of carbonyl (C=O) groups is 1. The normalized spacial score (nSPS) is 10.6. The summed E-state index contributed by atoms with van der Waals surface area (Å²) in [6.07, 6.45) is 0.358. The number of aryl methyl sites for hydroxylation is 2. The van der Waals surface area contributed by atoms with Crippen LogP contribution in [0.2, 0.25) is 0 Å². The number of halogens is 2. The quantitative estimate of drug-likeness (QED) is 0.902. The predicted molar refractivity (Wildman–Crippen MR) is 70.5 cm³/mol. The third-order valence-electron chi connectivity index (χ3n) is 2.98. The standard InChI is InChI=1S/C14H15F2N3O/c1-8-13(9(2)19-18-8)14(20)17-4-3-10-5-11(15)7-12(16)6-10/h5-7H,3-4H2,1-2H3,(H,17,20)(H,18,19). The summed E-state index contributed by atoms with van der Waals surface area (Å²) in [6, 6.07) is 3.33. The van der Waals surface area contributed by atoms with Crippen molar-refractivity contribution in [1.82, 2.24) is 15.5 Å². The molecule has 4 nitrogen and oxygen atoms in total. The van der Waals surface area contributed by atoms with E-state index in [0.29, 0.717) is 35.5 Å². The zero-order valence-electron chi connectivity index (χ0n) is 11.3. The van der Waals surface area contributed by atoms with E-state index in [1.165, 1.54) is 12.1 Å². The molecular formula is C14H15F2N3O. The van der Waals surface area contributed by atoms with E-state index in [9.17, 15) is 13.6 Å². The Hall–Kier alpha value is -2.24. The molecule has 0 saturated heterocycles. The molecule has 0 bridgehead atoms. The van der Waals surface area contributed by atoms with E-state index in [1.54, 1.807) is 13.8 Å². The van der Waals surface area contributed by atoms with Crippen molar-refractivity contribution in [1.29, 1.82) is 0 Å². The van der Waals surface area contributed by atoms with Crippen molar-refractivity contribution in [3.63, 3.8) is 0 Å². The smallest absolute Gasteiger partial charge is 0.255 e. The Balaban J connectivity index is 1.94. The molecule has 1 aromatic heterocycles. The largest absolute Gasteiger partial charge is 0.352 e. The lowest BCUT2D eigenvalue weighted by molar-refractivity contribution is 0.0953. The average molecular weight is 279 g/mol. The molecule has 2 rings (SSSR count). The van der Waals surface area contributed by atoms with Gasteiger partial charge in [0.05, 0.1) is 11.3 Å². The van der Waals surface area contributed by atoms with E-state index in [4.69, 9.17) is 0 Å². The summed E-state index contributed by atoms with van der Waals surface area (Å²) in [7, 11) is 0. The highest BCUT2D eigenvalue weighted by molar-refractivity contribution is 5.96. The van der Waals surface area contributed by atoms with Gasteiger partial charge in [0.2, 0.25) is 0 Å². The van der Waals surface area contributed by atoms with Gasteiger partial charge in [0, 0.05) is 18.3 Å². The molecule has 6 heteroatoms. The first-order valence-corrected chi connectivity index (χ1v) is 6.22. The average Bonchev–Trinajstić information content (AvgIpc) is 2.67. The fourth-order valence-corrected chi connectivity index (χ4v) is 2.05. The summed E-state index contributed by atoms with van der Waals surface area (Å²) in [5.41, 5.74) is 2.33. The van der Waals surface area contributed by atoms with Crippen LogP contribution in [-0.4, -0.2) is 22.6 Å². The summed E-state index contributed by atoms with van der Waals surface area (Å²) in [5.74, 6) is -1.48. The number of amides is 1. The maximum atomic E-state index is 13.0. The lowest BCUT2D eigenvalue weighted by Gasteiger charge is -2.06. The molecule has 20 heavy (non-hydrogen) atoms. The molecule has 0 radical (unpaired) electrons.